The van der Waals surface area contributed by atoms with Crippen LogP contribution in [0.15, 0.2) is 53.7 Å². The van der Waals surface area contributed by atoms with E-state index in [0.29, 0.717) is 19.8 Å². The van der Waals surface area contributed by atoms with Crippen molar-refractivity contribution in [3.05, 3.63) is 54.4 Å². The van der Waals surface area contributed by atoms with Gasteiger partial charge in [-0.25, -0.2) is 0 Å². The first-order chi connectivity index (χ1) is 12.8. The van der Waals surface area contributed by atoms with Gasteiger partial charge in [-0.2, -0.15) is 0 Å². The highest BCUT2D eigenvalue weighted by Crippen LogP contribution is 2.17. The van der Waals surface area contributed by atoms with Crippen molar-refractivity contribution >= 4 is 11.6 Å². The van der Waals surface area contributed by atoms with Gasteiger partial charge in [-0.3, -0.25) is 9.98 Å². The second-order valence-corrected chi connectivity index (χ2v) is 5.68. The minimum absolute atomic E-state index is 0.634. The number of anilines is 1. The fourth-order valence-corrected chi connectivity index (χ4v) is 2.33. The molecule has 1 heterocycles. The number of nitrogens with zero attached hydrogens (tertiary/aromatic N) is 2. The number of guanidine groups is 1. The third-order valence-electron chi connectivity index (χ3n) is 3.57. The molecule has 1 aromatic heterocycles. The van der Waals surface area contributed by atoms with Gasteiger partial charge in [0.2, 0.25) is 0 Å². The normalized spacial score (nSPS) is 11.2. The maximum Gasteiger partial charge on any atom is 0.195 e. The quantitative estimate of drug-likeness (QED) is 0.389. The molecule has 0 atom stereocenters. The molecule has 0 bridgehead atoms. The number of aliphatic imine (C=N–C) groups is 1. The van der Waals surface area contributed by atoms with E-state index in [1.165, 1.54) is 0 Å². The number of nitrogens with one attached hydrogen (secondary N) is 2. The molecule has 0 amide bonds. The Hall–Kier alpha value is -2.60. The summed E-state index contributed by atoms with van der Waals surface area (Å²) < 4.78 is 10.8. The number of hydrogen-bond donors (Lipinski definition) is 2. The summed E-state index contributed by atoms with van der Waals surface area (Å²) in [4.78, 5) is 8.94. The Balaban J connectivity index is 1.90. The molecule has 6 nitrogen and oxygen atoms in total. The summed E-state index contributed by atoms with van der Waals surface area (Å²) in [5, 5.41) is 6.58. The molecule has 0 unspecified atom stereocenters. The third kappa shape index (κ3) is 7.53. The van der Waals surface area contributed by atoms with Gasteiger partial charge in [0.15, 0.2) is 5.96 Å². The van der Waals surface area contributed by atoms with Gasteiger partial charge in [-0.05, 0) is 31.2 Å². The molecule has 0 radical (unpaired) electrons. The molecule has 0 aliphatic heterocycles. The first-order valence-electron chi connectivity index (χ1n) is 8.99. The first-order valence-corrected chi connectivity index (χ1v) is 8.99. The molecular weight excluding hydrogens is 328 g/mol. The van der Waals surface area contributed by atoms with Crippen LogP contribution in [0.3, 0.4) is 0 Å². The molecule has 0 spiro atoms. The van der Waals surface area contributed by atoms with Crippen molar-refractivity contribution in [1.29, 1.82) is 0 Å². The van der Waals surface area contributed by atoms with Crippen molar-refractivity contribution < 1.29 is 9.47 Å². The van der Waals surface area contributed by atoms with Crippen LogP contribution >= 0.6 is 0 Å². The van der Waals surface area contributed by atoms with Crippen LogP contribution in [0, 0.1) is 0 Å². The molecule has 26 heavy (non-hydrogen) atoms. The summed E-state index contributed by atoms with van der Waals surface area (Å²) >= 11 is 0. The fourth-order valence-electron chi connectivity index (χ4n) is 2.33. The second kappa shape index (κ2) is 11.9. The Morgan fingerprint density at radius 3 is 2.85 bits per heavy atom. The number of aromatic nitrogens is 1. The molecule has 2 N–H and O–H groups in total. The van der Waals surface area contributed by atoms with E-state index in [-0.39, 0.29) is 0 Å². The van der Waals surface area contributed by atoms with Crippen LogP contribution in [0.2, 0.25) is 0 Å². The van der Waals surface area contributed by atoms with E-state index in [9.17, 15) is 0 Å². The maximum absolute atomic E-state index is 5.74. The van der Waals surface area contributed by atoms with Crippen molar-refractivity contribution in [3.63, 3.8) is 0 Å². The van der Waals surface area contributed by atoms with E-state index >= 15 is 0 Å². The Bertz CT molecular complexity index is 662. The predicted molar refractivity (Wildman–Crippen MR) is 106 cm³/mol. The highest BCUT2D eigenvalue weighted by molar-refractivity contribution is 5.93. The molecule has 1 aromatic carbocycles. The van der Waals surface area contributed by atoms with Crippen molar-refractivity contribution in [3.8, 4) is 5.75 Å². The molecular formula is C20H28N4O2. The van der Waals surface area contributed by atoms with Gasteiger partial charge in [0.25, 0.3) is 0 Å². The predicted octanol–water partition coefficient (Wildman–Crippen LogP) is 3.12. The van der Waals surface area contributed by atoms with Crippen LogP contribution in [-0.2, 0) is 11.2 Å². The van der Waals surface area contributed by atoms with Crippen molar-refractivity contribution in [2.45, 2.75) is 19.8 Å². The topological polar surface area (TPSA) is 67.8 Å². The highest BCUT2D eigenvalue weighted by Gasteiger charge is 2.02. The van der Waals surface area contributed by atoms with E-state index in [0.717, 1.165) is 42.5 Å². The van der Waals surface area contributed by atoms with Crippen LogP contribution in [0.25, 0.3) is 0 Å². The molecule has 0 saturated heterocycles. The van der Waals surface area contributed by atoms with E-state index in [1.54, 1.807) is 13.3 Å². The zero-order valence-electron chi connectivity index (χ0n) is 15.6. The summed E-state index contributed by atoms with van der Waals surface area (Å²) in [6, 6.07) is 13.8. The summed E-state index contributed by atoms with van der Waals surface area (Å²) in [5.74, 6) is 1.58. The lowest BCUT2D eigenvalue weighted by Gasteiger charge is -2.13. The SMILES string of the molecule is CCNC(=NCCc1ccccn1)Nc1cccc(OCCCOC)c1. The monoisotopic (exact) mass is 356 g/mol. The van der Waals surface area contributed by atoms with Crippen LogP contribution in [-0.4, -0.2) is 44.4 Å². The number of pyridine rings is 1. The Morgan fingerprint density at radius 1 is 1.15 bits per heavy atom. The van der Waals surface area contributed by atoms with Gasteiger partial charge in [0.05, 0.1) is 6.61 Å². The molecule has 6 heteroatoms. The molecule has 140 valence electrons. The molecule has 2 rings (SSSR count). The average Bonchev–Trinajstić information content (AvgIpc) is 2.67. The number of methoxy groups -OCH3 is 1. The minimum Gasteiger partial charge on any atom is -0.493 e. The largest absolute Gasteiger partial charge is 0.493 e. The summed E-state index contributed by atoms with van der Waals surface area (Å²) in [6.45, 7) is 4.84. The maximum atomic E-state index is 5.74. The summed E-state index contributed by atoms with van der Waals surface area (Å²) in [6.07, 6.45) is 3.48. The van der Waals surface area contributed by atoms with E-state index in [2.05, 4.69) is 20.6 Å². The molecule has 0 saturated carbocycles. The molecule has 0 aliphatic rings. The molecule has 0 aliphatic carbocycles. The Morgan fingerprint density at radius 2 is 2.08 bits per heavy atom. The van der Waals surface area contributed by atoms with Gasteiger partial charge in [0, 0.05) is 63.3 Å². The van der Waals surface area contributed by atoms with Crippen LogP contribution < -0.4 is 15.4 Å². The first kappa shape index (κ1) is 19.7. The minimum atomic E-state index is 0.634. The van der Waals surface area contributed by atoms with Crippen molar-refractivity contribution in [2.75, 3.05) is 38.7 Å². The summed E-state index contributed by atoms with van der Waals surface area (Å²) in [5.41, 5.74) is 1.98. The van der Waals surface area contributed by atoms with Crippen molar-refractivity contribution in [1.82, 2.24) is 10.3 Å². The second-order valence-electron chi connectivity index (χ2n) is 5.68. The lowest BCUT2D eigenvalue weighted by molar-refractivity contribution is 0.172. The van der Waals surface area contributed by atoms with Gasteiger partial charge in [-0.15, -0.1) is 0 Å². The van der Waals surface area contributed by atoms with Gasteiger partial charge in [-0.1, -0.05) is 12.1 Å². The van der Waals surface area contributed by atoms with E-state index in [1.807, 2.05) is 49.4 Å². The van der Waals surface area contributed by atoms with Crippen LogP contribution in [0.4, 0.5) is 5.69 Å². The van der Waals surface area contributed by atoms with Gasteiger partial charge >= 0.3 is 0 Å². The molecule has 0 fully saturated rings. The standard InChI is InChI=1S/C20H28N4O2/c1-3-21-20(23-13-11-17-8-4-5-12-22-17)24-18-9-6-10-19(16-18)26-15-7-14-25-2/h4-6,8-10,12,16H,3,7,11,13-15H2,1-2H3,(H2,21,23,24). The zero-order chi connectivity index (χ0) is 18.5. The zero-order valence-corrected chi connectivity index (χ0v) is 15.6. The van der Waals surface area contributed by atoms with Crippen LogP contribution in [0.5, 0.6) is 5.75 Å². The van der Waals surface area contributed by atoms with Gasteiger partial charge in [0.1, 0.15) is 5.75 Å². The lowest BCUT2D eigenvalue weighted by atomic mass is 10.3. The van der Waals surface area contributed by atoms with E-state index < -0.39 is 0 Å². The highest BCUT2D eigenvalue weighted by atomic mass is 16.5. The summed E-state index contributed by atoms with van der Waals surface area (Å²) in [7, 11) is 1.69. The number of benzene rings is 1. The van der Waals surface area contributed by atoms with Crippen molar-refractivity contribution in [2.24, 2.45) is 4.99 Å². The number of ether oxygens (including phenoxy) is 2. The van der Waals surface area contributed by atoms with E-state index in [4.69, 9.17) is 9.47 Å². The lowest BCUT2D eigenvalue weighted by Crippen LogP contribution is -2.30. The number of hydrogen-bond acceptors (Lipinski definition) is 4. The Labute approximate surface area is 155 Å². The Kier molecular flexibility index (Phi) is 9.00. The fraction of sp³-hybridized carbons (Fsp3) is 0.400. The smallest absolute Gasteiger partial charge is 0.195 e. The average molecular weight is 356 g/mol. The third-order valence-corrected chi connectivity index (χ3v) is 3.57. The van der Waals surface area contributed by atoms with Gasteiger partial charge < -0.3 is 20.1 Å². The van der Waals surface area contributed by atoms with Crippen LogP contribution in [0.1, 0.15) is 19.0 Å². The molecule has 2 aromatic rings. The number of rotatable bonds is 10.